The fourth-order valence-corrected chi connectivity index (χ4v) is 2.39. The summed E-state index contributed by atoms with van der Waals surface area (Å²) in [5.74, 6) is 0.725. The second-order valence-corrected chi connectivity index (χ2v) is 6.01. The molecule has 1 atom stereocenters. The molecule has 0 amide bonds. The molecule has 0 saturated heterocycles. The van der Waals surface area contributed by atoms with Crippen LogP contribution in [-0.4, -0.2) is 47.0 Å². The van der Waals surface area contributed by atoms with Crippen molar-refractivity contribution in [3.63, 3.8) is 0 Å². The van der Waals surface area contributed by atoms with E-state index in [1.807, 2.05) is 24.5 Å². The summed E-state index contributed by atoms with van der Waals surface area (Å²) in [5.41, 5.74) is 2.48. The van der Waals surface area contributed by atoms with E-state index in [0.29, 0.717) is 12.2 Å². The van der Waals surface area contributed by atoms with Gasteiger partial charge in [0.15, 0.2) is 5.82 Å². The van der Waals surface area contributed by atoms with Crippen molar-refractivity contribution in [3.05, 3.63) is 36.9 Å². The summed E-state index contributed by atoms with van der Waals surface area (Å²) in [6.07, 6.45) is 6.65. The van der Waals surface area contributed by atoms with Crippen molar-refractivity contribution < 1.29 is 5.11 Å². The summed E-state index contributed by atoms with van der Waals surface area (Å²) in [4.78, 5) is 4.47. The van der Waals surface area contributed by atoms with E-state index in [9.17, 15) is 5.11 Å². The lowest BCUT2D eigenvalue weighted by Crippen LogP contribution is -2.12. The van der Waals surface area contributed by atoms with Crippen LogP contribution in [-0.2, 0) is 6.54 Å². The minimum atomic E-state index is -0.479. The van der Waals surface area contributed by atoms with Gasteiger partial charge >= 0.3 is 0 Å². The van der Waals surface area contributed by atoms with E-state index in [1.54, 1.807) is 28.7 Å². The molecule has 0 aliphatic carbocycles. The van der Waals surface area contributed by atoms with Gasteiger partial charge in [-0.15, -0.1) is 5.10 Å². The van der Waals surface area contributed by atoms with Crippen molar-refractivity contribution in [2.75, 3.05) is 5.32 Å². The molecule has 0 bridgehead atoms. The van der Waals surface area contributed by atoms with Crippen molar-refractivity contribution in [1.82, 2.24) is 29.8 Å². The van der Waals surface area contributed by atoms with Gasteiger partial charge in [-0.2, -0.15) is 5.10 Å². The Morgan fingerprint density at radius 2 is 2.12 bits per heavy atom. The highest BCUT2D eigenvalue weighted by atomic mass is 16.3. The third kappa shape index (κ3) is 3.60. The second kappa shape index (κ2) is 6.79. The van der Waals surface area contributed by atoms with Crippen LogP contribution >= 0.6 is 0 Å². The largest absolute Gasteiger partial charge is 0.391 e. The SMILES string of the molecule is CC(C)Nc1cc(-n2cccn2)ncc1-c1cn(C[C@H](C)O)nn1. The lowest BCUT2D eigenvalue weighted by molar-refractivity contribution is 0.167. The van der Waals surface area contributed by atoms with Crippen molar-refractivity contribution in [2.24, 2.45) is 0 Å². The van der Waals surface area contributed by atoms with Gasteiger partial charge in [-0.25, -0.2) is 14.3 Å². The Morgan fingerprint density at radius 1 is 1.29 bits per heavy atom. The van der Waals surface area contributed by atoms with Gasteiger partial charge in [0.1, 0.15) is 5.69 Å². The molecule has 0 saturated carbocycles. The number of aliphatic hydroxyl groups is 1. The van der Waals surface area contributed by atoms with E-state index in [0.717, 1.165) is 17.1 Å². The molecule has 8 heteroatoms. The summed E-state index contributed by atoms with van der Waals surface area (Å²) >= 11 is 0. The van der Waals surface area contributed by atoms with Crippen molar-refractivity contribution >= 4 is 5.69 Å². The van der Waals surface area contributed by atoms with Crippen molar-refractivity contribution in [3.8, 4) is 17.1 Å². The van der Waals surface area contributed by atoms with Gasteiger partial charge in [0.05, 0.1) is 18.8 Å². The molecule has 3 aromatic heterocycles. The van der Waals surface area contributed by atoms with E-state index in [2.05, 4.69) is 39.6 Å². The number of aromatic nitrogens is 6. The molecule has 3 rings (SSSR count). The Morgan fingerprint density at radius 3 is 2.79 bits per heavy atom. The van der Waals surface area contributed by atoms with Gasteiger partial charge in [-0.3, -0.25) is 0 Å². The lowest BCUT2D eigenvalue weighted by atomic mass is 10.1. The van der Waals surface area contributed by atoms with Crippen LogP contribution < -0.4 is 5.32 Å². The third-order valence-electron chi connectivity index (χ3n) is 3.34. The van der Waals surface area contributed by atoms with Crippen LogP contribution in [0.4, 0.5) is 5.69 Å². The molecule has 0 aliphatic heterocycles. The molecule has 8 nitrogen and oxygen atoms in total. The zero-order valence-corrected chi connectivity index (χ0v) is 14.0. The van der Waals surface area contributed by atoms with Gasteiger partial charge in [0, 0.05) is 41.9 Å². The maximum atomic E-state index is 9.48. The highest BCUT2D eigenvalue weighted by molar-refractivity contribution is 5.75. The molecule has 0 unspecified atom stereocenters. The zero-order chi connectivity index (χ0) is 17.1. The molecular weight excluding hydrogens is 306 g/mol. The Labute approximate surface area is 140 Å². The van der Waals surface area contributed by atoms with Crippen LogP contribution in [0.3, 0.4) is 0 Å². The molecule has 0 aliphatic rings. The standard InChI is InChI=1S/C16H21N7O/c1-11(2)19-14-7-16(23-6-4-5-18-23)17-8-13(14)15-10-22(21-20-15)9-12(3)24/h4-8,10-12,24H,9H2,1-3H3,(H,17,19)/t12-/m0/s1. The molecule has 0 spiro atoms. The van der Waals surface area contributed by atoms with Gasteiger partial charge in [0.25, 0.3) is 0 Å². The highest BCUT2D eigenvalue weighted by Gasteiger charge is 2.13. The first-order chi connectivity index (χ1) is 11.5. The van der Waals surface area contributed by atoms with Crippen LogP contribution in [0.2, 0.25) is 0 Å². The second-order valence-electron chi connectivity index (χ2n) is 6.01. The number of nitrogens with zero attached hydrogens (tertiary/aromatic N) is 6. The van der Waals surface area contributed by atoms with E-state index in [1.165, 1.54) is 0 Å². The number of aliphatic hydroxyl groups excluding tert-OH is 1. The van der Waals surface area contributed by atoms with E-state index in [-0.39, 0.29) is 6.04 Å². The molecule has 0 aromatic carbocycles. The normalized spacial score (nSPS) is 12.5. The van der Waals surface area contributed by atoms with Crippen LogP contribution in [0.1, 0.15) is 20.8 Å². The summed E-state index contributed by atoms with van der Waals surface area (Å²) in [6, 6.07) is 4.05. The smallest absolute Gasteiger partial charge is 0.155 e. The lowest BCUT2D eigenvalue weighted by Gasteiger charge is -2.14. The van der Waals surface area contributed by atoms with Gasteiger partial charge in [-0.05, 0) is 26.8 Å². The Balaban J connectivity index is 1.98. The van der Waals surface area contributed by atoms with Gasteiger partial charge in [-0.1, -0.05) is 5.21 Å². The zero-order valence-electron chi connectivity index (χ0n) is 14.0. The van der Waals surface area contributed by atoms with Crippen molar-refractivity contribution in [2.45, 2.75) is 39.5 Å². The average molecular weight is 327 g/mol. The first-order valence-electron chi connectivity index (χ1n) is 7.88. The third-order valence-corrected chi connectivity index (χ3v) is 3.34. The monoisotopic (exact) mass is 327 g/mol. The predicted octanol–water partition coefficient (Wildman–Crippen LogP) is 1.73. The maximum absolute atomic E-state index is 9.48. The fraction of sp³-hybridized carbons (Fsp3) is 0.375. The van der Waals surface area contributed by atoms with Crippen LogP contribution in [0.5, 0.6) is 0 Å². The first kappa shape index (κ1) is 16.1. The highest BCUT2D eigenvalue weighted by Crippen LogP contribution is 2.27. The van der Waals surface area contributed by atoms with Gasteiger partial charge < -0.3 is 10.4 Å². The number of anilines is 1. The topological polar surface area (TPSA) is 93.7 Å². The summed E-state index contributed by atoms with van der Waals surface area (Å²) in [7, 11) is 0. The summed E-state index contributed by atoms with van der Waals surface area (Å²) in [5, 5.41) is 25.4. The average Bonchev–Trinajstić information content (AvgIpc) is 3.17. The molecule has 24 heavy (non-hydrogen) atoms. The fourth-order valence-electron chi connectivity index (χ4n) is 2.39. The predicted molar refractivity (Wildman–Crippen MR) is 90.8 cm³/mol. The van der Waals surface area contributed by atoms with Crippen LogP contribution in [0, 0.1) is 0 Å². The van der Waals surface area contributed by atoms with E-state index < -0.39 is 6.10 Å². The maximum Gasteiger partial charge on any atom is 0.155 e. The minimum absolute atomic E-state index is 0.254. The minimum Gasteiger partial charge on any atom is -0.391 e. The molecule has 3 aromatic rings. The Bertz CT molecular complexity index is 793. The molecule has 2 N–H and O–H groups in total. The number of nitrogens with one attached hydrogen (secondary N) is 1. The van der Waals surface area contributed by atoms with Gasteiger partial charge in [0.2, 0.25) is 0 Å². The van der Waals surface area contributed by atoms with E-state index >= 15 is 0 Å². The molecule has 0 radical (unpaired) electrons. The number of hydrogen-bond donors (Lipinski definition) is 2. The Hall–Kier alpha value is -2.74. The molecule has 3 heterocycles. The number of rotatable bonds is 6. The molecular formula is C16H21N7O. The van der Waals surface area contributed by atoms with Crippen LogP contribution in [0.15, 0.2) is 36.9 Å². The van der Waals surface area contributed by atoms with Crippen LogP contribution in [0.25, 0.3) is 17.1 Å². The number of hydrogen-bond acceptors (Lipinski definition) is 6. The number of pyridine rings is 1. The Kier molecular flexibility index (Phi) is 4.57. The summed E-state index contributed by atoms with van der Waals surface area (Å²) < 4.78 is 3.33. The molecule has 126 valence electrons. The van der Waals surface area contributed by atoms with Crippen molar-refractivity contribution in [1.29, 1.82) is 0 Å². The first-order valence-corrected chi connectivity index (χ1v) is 7.88. The molecule has 0 fully saturated rings. The quantitative estimate of drug-likeness (QED) is 0.716. The van der Waals surface area contributed by atoms with E-state index in [4.69, 9.17) is 0 Å². The summed E-state index contributed by atoms with van der Waals surface area (Å²) in [6.45, 7) is 6.26.